The van der Waals surface area contributed by atoms with Crippen LogP contribution >= 0.6 is 11.6 Å². The quantitative estimate of drug-likeness (QED) is 0.528. The lowest BCUT2D eigenvalue weighted by Gasteiger charge is -2.23. The van der Waals surface area contributed by atoms with Gasteiger partial charge in [-0.15, -0.1) is 0 Å². The molecular weight excluding hydrogens is 417 g/mol. The second-order valence-corrected chi connectivity index (χ2v) is 8.31. The van der Waals surface area contributed by atoms with Gasteiger partial charge in [0.1, 0.15) is 12.4 Å². The molecule has 6 nitrogen and oxygen atoms in total. The summed E-state index contributed by atoms with van der Waals surface area (Å²) in [7, 11) is 3.43. The van der Waals surface area contributed by atoms with Gasteiger partial charge in [-0.2, -0.15) is 0 Å². The first-order chi connectivity index (χ1) is 14.8. The molecule has 2 N–H and O–H groups in total. The fourth-order valence-corrected chi connectivity index (χ4v) is 3.56. The number of anilines is 1. The van der Waals surface area contributed by atoms with Crippen LogP contribution in [0.1, 0.15) is 24.9 Å². The summed E-state index contributed by atoms with van der Waals surface area (Å²) in [5, 5.41) is 6.96. The molecule has 1 saturated heterocycles. The van der Waals surface area contributed by atoms with E-state index >= 15 is 0 Å². The molecule has 1 aliphatic rings. The number of rotatable bonds is 6. The lowest BCUT2D eigenvalue weighted by molar-refractivity contribution is -0.127. The zero-order chi connectivity index (χ0) is 22.4. The lowest BCUT2D eigenvalue weighted by atomic mass is 10.1. The summed E-state index contributed by atoms with van der Waals surface area (Å²) in [4.78, 5) is 20.2. The summed E-state index contributed by atoms with van der Waals surface area (Å²) < 4.78 is 13.8. The van der Waals surface area contributed by atoms with Gasteiger partial charge in [-0.3, -0.25) is 4.79 Å². The van der Waals surface area contributed by atoms with Crippen LogP contribution in [0.15, 0.2) is 53.5 Å². The van der Waals surface area contributed by atoms with Gasteiger partial charge in [-0.05, 0) is 37.1 Å². The zero-order valence-corrected chi connectivity index (χ0v) is 18.9. The molecule has 0 spiro atoms. The molecule has 0 aliphatic carbocycles. The molecule has 1 amide bonds. The monoisotopic (exact) mass is 445 g/mol. The summed E-state index contributed by atoms with van der Waals surface area (Å²) in [5.41, 5.74) is 1.93. The number of likely N-dealkylation sites (N-methyl/N-ethyl adjacent to an activating group) is 1. The average Bonchev–Trinajstić information content (AvgIpc) is 3.22. The highest BCUT2D eigenvalue weighted by atomic mass is 35.5. The van der Waals surface area contributed by atoms with Gasteiger partial charge >= 0.3 is 0 Å². The summed E-state index contributed by atoms with van der Waals surface area (Å²) in [6, 6.07) is 15.1. The van der Waals surface area contributed by atoms with Crippen LogP contribution in [0.4, 0.5) is 10.1 Å². The summed E-state index contributed by atoms with van der Waals surface area (Å²) in [5.74, 6) is 0.0946. The highest BCUT2D eigenvalue weighted by Crippen LogP contribution is 2.25. The minimum Gasteiger partial charge on any atom is -0.369 e. The molecule has 2 aromatic carbocycles. The molecule has 1 fully saturated rings. The predicted octanol–water partition coefficient (Wildman–Crippen LogP) is 3.44. The maximum Gasteiger partial charge on any atom is 0.243 e. The van der Waals surface area contributed by atoms with Crippen LogP contribution in [0.25, 0.3) is 0 Å². The largest absolute Gasteiger partial charge is 0.369 e. The van der Waals surface area contributed by atoms with E-state index in [2.05, 4.69) is 27.4 Å². The molecule has 0 aromatic heterocycles. The van der Waals surface area contributed by atoms with Crippen LogP contribution in [0.3, 0.4) is 0 Å². The third-order valence-electron chi connectivity index (χ3n) is 5.32. The minimum absolute atomic E-state index is 0.0183. The number of carbonyl (C=O) groups excluding carboxylic acids is 1. The Kier molecular flexibility index (Phi) is 7.74. The second kappa shape index (κ2) is 10.5. The molecule has 31 heavy (non-hydrogen) atoms. The Morgan fingerprint density at radius 3 is 2.71 bits per heavy atom. The van der Waals surface area contributed by atoms with Crippen molar-refractivity contribution in [3.63, 3.8) is 0 Å². The van der Waals surface area contributed by atoms with Crippen LogP contribution in [0.5, 0.6) is 0 Å². The van der Waals surface area contributed by atoms with Crippen molar-refractivity contribution in [2.75, 3.05) is 38.6 Å². The number of halogens is 2. The summed E-state index contributed by atoms with van der Waals surface area (Å²) in [6.07, 6.45) is 0.867. The molecule has 166 valence electrons. The molecule has 0 bridgehead atoms. The summed E-state index contributed by atoms with van der Waals surface area (Å²) in [6.45, 7) is 3.60. The van der Waals surface area contributed by atoms with Crippen molar-refractivity contribution in [3.05, 3.63) is 64.9 Å². The number of nitrogens with one attached hydrogen (secondary N) is 2. The van der Waals surface area contributed by atoms with Crippen molar-refractivity contribution in [2.45, 2.75) is 25.4 Å². The fourth-order valence-electron chi connectivity index (χ4n) is 3.44. The molecule has 2 aromatic rings. The van der Waals surface area contributed by atoms with E-state index in [0.29, 0.717) is 12.5 Å². The first kappa shape index (κ1) is 22.9. The number of aliphatic imine (C=N–C) groups is 1. The van der Waals surface area contributed by atoms with Crippen molar-refractivity contribution < 1.29 is 9.18 Å². The molecule has 3 rings (SSSR count). The Morgan fingerprint density at radius 1 is 1.29 bits per heavy atom. The van der Waals surface area contributed by atoms with Gasteiger partial charge in [0.2, 0.25) is 5.91 Å². The van der Waals surface area contributed by atoms with Gasteiger partial charge in [0.15, 0.2) is 5.96 Å². The van der Waals surface area contributed by atoms with E-state index in [4.69, 9.17) is 11.6 Å². The van der Waals surface area contributed by atoms with Gasteiger partial charge in [-0.25, -0.2) is 9.38 Å². The fraction of sp³-hybridized carbons (Fsp3) is 0.391. The van der Waals surface area contributed by atoms with Crippen molar-refractivity contribution in [1.29, 1.82) is 0 Å². The Balaban J connectivity index is 1.68. The Labute approximate surface area is 188 Å². The van der Waals surface area contributed by atoms with E-state index in [0.717, 1.165) is 24.2 Å². The first-order valence-electron chi connectivity index (χ1n) is 10.4. The van der Waals surface area contributed by atoms with E-state index in [1.807, 2.05) is 36.4 Å². The first-order valence-corrected chi connectivity index (χ1v) is 10.7. The van der Waals surface area contributed by atoms with Crippen LogP contribution in [0, 0.1) is 5.82 Å². The van der Waals surface area contributed by atoms with E-state index in [1.54, 1.807) is 20.2 Å². The number of carbonyl (C=O) groups is 1. The van der Waals surface area contributed by atoms with Gasteiger partial charge in [-0.1, -0.05) is 41.9 Å². The highest BCUT2D eigenvalue weighted by molar-refractivity contribution is 6.30. The van der Waals surface area contributed by atoms with Gasteiger partial charge < -0.3 is 20.4 Å². The van der Waals surface area contributed by atoms with E-state index in [-0.39, 0.29) is 29.6 Å². The number of amides is 1. The number of nitrogens with zero attached hydrogens (tertiary/aromatic N) is 3. The van der Waals surface area contributed by atoms with Crippen molar-refractivity contribution in [2.24, 2.45) is 4.99 Å². The van der Waals surface area contributed by atoms with Crippen molar-refractivity contribution in [3.8, 4) is 0 Å². The van der Waals surface area contributed by atoms with E-state index in [1.165, 1.54) is 11.0 Å². The standard InChI is InChI=1S/C23H29ClFN5O/c1-16(17-7-5-4-6-8-17)27-23(26-14-22(31)29(2)3)28-18-11-12-30(15-18)19-9-10-20(24)21(25)13-19/h4-10,13,16,18H,11-12,14-15H2,1-3H3,(H2,26,27,28). The maximum atomic E-state index is 13.8. The minimum atomic E-state index is -0.418. The third kappa shape index (κ3) is 6.34. The Bertz CT molecular complexity index is 921. The highest BCUT2D eigenvalue weighted by Gasteiger charge is 2.24. The summed E-state index contributed by atoms with van der Waals surface area (Å²) >= 11 is 5.81. The second-order valence-electron chi connectivity index (χ2n) is 7.90. The SMILES string of the molecule is CC(NC(=NCC(=O)N(C)C)NC1CCN(c2ccc(Cl)c(F)c2)C1)c1ccccc1. The zero-order valence-electron chi connectivity index (χ0n) is 18.1. The molecule has 1 heterocycles. The van der Waals surface area contributed by atoms with Crippen LogP contribution in [-0.2, 0) is 4.79 Å². The van der Waals surface area contributed by atoms with E-state index < -0.39 is 5.82 Å². The predicted molar refractivity (Wildman–Crippen MR) is 124 cm³/mol. The third-order valence-corrected chi connectivity index (χ3v) is 5.63. The molecule has 0 radical (unpaired) electrons. The normalized spacial score (nSPS) is 17.4. The molecule has 1 aliphatic heterocycles. The topological polar surface area (TPSA) is 60.0 Å². The molecular formula is C23H29ClFN5O. The van der Waals surface area contributed by atoms with Crippen LogP contribution in [-0.4, -0.2) is 56.5 Å². The van der Waals surface area contributed by atoms with Crippen LogP contribution < -0.4 is 15.5 Å². The Hall–Kier alpha value is -2.80. The number of benzene rings is 2. The molecule has 2 unspecified atom stereocenters. The average molecular weight is 446 g/mol. The molecule has 0 saturated carbocycles. The van der Waals surface area contributed by atoms with Crippen LogP contribution in [0.2, 0.25) is 5.02 Å². The molecule has 8 heteroatoms. The maximum absolute atomic E-state index is 13.8. The number of hydrogen-bond donors (Lipinski definition) is 2. The van der Waals surface area contributed by atoms with Gasteiger partial charge in [0.05, 0.1) is 11.1 Å². The Morgan fingerprint density at radius 2 is 2.03 bits per heavy atom. The smallest absolute Gasteiger partial charge is 0.243 e. The molecule has 2 atom stereocenters. The van der Waals surface area contributed by atoms with Gasteiger partial charge in [0.25, 0.3) is 0 Å². The van der Waals surface area contributed by atoms with Gasteiger partial charge in [0, 0.05) is 38.9 Å². The number of guanidine groups is 1. The van der Waals surface area contributed by atoms with E-state index in [9.17, 15) is 9.18 Å². The number of hydrogen-bond acceptors (Lipinski definition) is 3. The van der Waals surface area contributed by atoms with Crippen molar-refractivity contribution in [1.82, 2.24) is 15.5 Å². The van der Waals surface area contributed by atoms with Crippen molar-refractivity contribution >= 4 is 29.2 Å². The lowest BCUT2D eigenvalue weighted by Crippen LogP contribution is -2.46.